The highest BCUT2D eigenvalue weighted by Gasteiger charge is 2.25. The maximum Gasteiger partial charge on any atom is 0.170 e. The minimum absolute atomic E-state index is 0.0648. The van der Waals surface area contributed by atoms with Crippen LogP contribution in [0.5, 0.6) is 5.75 Å². The van der Waals surface area contributed by atoms with Gasteiger partial charge >= 0.3 is 0 Å². The van der Waals surface area contributed by atoms with Gasteiger partial charge < -0.3 is 4.74 Å². The average molecular weight is 353 g/mol. The number of hydrogen-bond donors (Lipinski definition) is 0. The Morgan fingerprint density at radius 2 is 1.86 bits per heavy atom. The number of carbonyl (C=O) groups is 1. The van der Waals surface area contributed by atoms with Gasteiger partial charge in [0.2, 0.25) is 0 Å². The van der Waals surface area contributed by atoms with E-state index in [-0.39, 0.29) is 11.9 Å². The molecule has 1 heterocycles. The van der Waals surface area contributed by atoms with E-state index in [9.17, 15) is 4.79 Å². The Bertz CT molecular complexity index is 470. The molecule has 1 atom stereocenters. The van der Waals surface area contributed by atoms with Gasteiger partial charge in [-0.3, -0.25) is 4.79 Å². The fourth-order valence-electron chi connectivity index (χ4n) is 2.85. The van der Waals surface area contributed by atoms with Gasteiger partial charge in [0.15, 0.2) is 5.78 Å². The second-order valence-corrected chi connectivity index (χ2v) is 6.83. The summed E-state index contributed by atoms with van der Waals surface area (Å²) in [6.45, 7) is 2.24. The summed E-state index contributed by atoms with van der Waals surface area (Å²) in [5.41, 5.74) is 0.731. The number of ketones is 1. The molecule has 0 amide bonds. The van der Waals surface area contributed by atoms with E-state index in [4.69, 9.17) is 4.74 Å². The van der Waals surface area contributed by atoms with Gasteiger partial charge in [-0.25, -0.2) is 0 Å². The molecule has 21 heavy (non-hydrogen) atoms. The Labute approximate surface area is 136 Å². The third-order valence-corrected chi connectivity index (χ3v) is 4.57. The van der Waals surface area contributed by atoms with Crippen LogP contribution in [0.15, 0.2) is 22.7 Å². The molecule has 1 aliphatic rings. The average Bonchev–Trinajstić information content (AvgIpc) is 2.46. The summed E-state index contributed by atoms with van der Waals surface area (Å²) < 4.78 is 6.94. The molecule has 0 bridgehead atoms. The molecule has 0 aliphatic carbocycles. The monoisotopic (exact) mass is 352 g/mol. The molecule has 2 nitrogen and oxygen atoms in total. The van der Waals surface area contributed by atoms with Crippen LogP contribution in [0.4, 0.5) is 0 Å². The third-order valence-electron chi connectivity index (χ3n) is 4.08. The van der Waals surface area contributed by atoms with Crippen molar-refractivity contribution in [3.63, 3.8) is 0 Å². The lowest BCUT2D eigenvalue weighted by molar-refractivity contribution is 0.0835. The van der Waals surface area contributed by atoms with Gasteiger partial charge in [-0.05, 0) is 31.0 Å². The van der Waals surface area contributed by atoms with Gasteiger partial charge in [-0.1, -0.05) is 61.4 Å². The number of benzene rings is 1. The van der Waals surface area contributed by atoms with Gasteiger partial charge in [0.05, 0.1) is 5.56 Å². The summed E-state index contributed by atoms with van der Waals surface area (Å²) in [6, 6.07) is 5.66. The zero-order valence-electron chi connectivity index (χ0n) is 12.9. The second-order valence-electron chi connectivity index (χ2n) is 5.92. The maximum absolute atomic E-state index is 12.1. The van der Waals surface area contributed by atoms with E-state index in [1.807, 2.05) is 18.2 Å². The zero-order chi connectivity index (χ0) is 15.1. The molecule has 0 N–H and O–H groups in total. The predicted octanol–water partition coefficient (Wildman–Crippen LogP) is 5.92. The summed E-state index contributed by atoms with van der Waals surface area (Å²) in [5, 5.41) is 0. The van der Waals surface area contributed by atoms with Crippen molar-refractivity contribution in [1.82, 2.24) is 0 Å². The Hall–Kier alpha value is -0.830. The van der Waals surface area contributed by atoms with Crippen molar-refractivity contribution in [2.45, 2.75) is 70.8 Å². The molecule has 0 radical (unpaired) electrons. The fraction of sp³-hybridized carbons (Fsp3) is 0.611. The lowest BCUT2D eigenvalue weighted by Crippen LogP contribution is -2.26. The molecule has 1 unspecified atom stereocenters. The molecule has 0 spiro atoms. The predicted molar refractivity (Wildman–Crippen MR) is 90.1 cm³/mol. The molecule has 0 fully saturated rings. The summed E-state index contributed by atoms with van der Waals surface area (Å²) in [4.78, 5) is 12.1. The number of carbonyl (C=O) groups excluding carboxylic acids is 1. The first-order chi connectivity index (χ1) is 10.2. The molecule has 0 saturated carbocycles. The number of unbranched alkanes of at least 4 members (excludes halogenated alkanes) is 6. The number of ether oxygens (including phenoxy) is 1. The number of halogens is 1. The topological polar surface area (TPSA) is 26.3 Å². The molecule has 0 aromatic heterocycles. The van der Waals surface area contributed by atoms with Crippen LogP contribution in [0.25, 0.3) is 0 Å². The molecule has 1 aromatic carbocycles. The van der Waals surface area contributed by atoms with Crippen molar-refractivity contribution in [3.05, 3.63) is 28.2 Å². The van der Waals surface area contributed by atoms with E-state index in [1.54, 1.807) is 0 Å². The molecule has 1 aromatic rings. The first kappa shape index (κ1) is 16.5. The SMILES string of the molecule is CCCCCCCCCC1CC(=O)c2ccc(Br)cc2O1. The third kappa shape index (κ3) is 5.14. The van der Waals surface area contributed by atoms with Crippen LogP contribution in [0.3, 0.4) is 0 Å². The Morgan fingerprint density at radius 3 is 2.62 bits per heavy atom. The van der Waals surface area contributed by atoms with E-state index < -0.39 is 0 Å². The summed E-state index contributed by atoms with van der Waals surface area (Å²) >= 11 is 3.43. The van der Waals surface area contributed by atoms with Gasteiger partial charge in [0, 0.05) is 10.9 Å². The normalized spacial score (nSPS) is 17.4. The summed E-state index contributed by atoms with van der Waals surface area (Å²) in [6.07, 6.45) is 10.7. The van der Waals surface area contributed by atoms with Crippen LogP contribution in [-0.2, 0) is 0 Å². The largest absolute Gasteiger partial charge is 0.489 e. The van der Waals surface area contributed by atoms with E-state index in [1.165, 1.54) is 38.5 Å². The van der Waals surface area contributed by atoms with Crippen LogP contribution < -0.4 is 4.74 Å². The van der Waals surface area contributed by atoms with E-state index in [0.29, 0.717) is 6.42 Å². The standard InChI is InChI=1S/C18H25BrO2/c1-2-3-4-5-6-7-8-9-15-13-17(20)16-11-10-14(19)12-18(16)21-15/h10-12,15H,2-9,13H2,1H3. The first-order valence-electron chi connectivity index (χ1n) is 8.20. The van der Waals surface area contributed by atoms with Gasteiger partial charge in [-0.2, -0.15) is 0 Å². The Kier molecular flexibility index (Phi) is 6.75. The highest BCUT2D eigenvalue weighted by atomic mass is 79.9. The number of rotatable bonds is 8. The van der Waals surface area contributed by atoms with Crippen molar-refractivity contribution in [1.29, 1.82) is 0 Å². The Morgan fingerprint density at radius 1 is 1.14 bits per heavy atom. The van der Waals surface area contributed by atoms with Gasteiger partial charge in [0.25, 0.3) is 0 Å². The lowest BCUT2D eigenvalue weighted by Gasteiger charge is -2.25. The molecule has 2 rings (SSSR count). The minimum atomic E-state index is 0.0648. The summed E-state index contributed by atoms with van der Waals surface area (Å²) in [7, 11) is 0. The minimum Gasteiger partial charge on any atom is -0.489 e. The number of fused-ring (bicyclic) bond motifs is 1. The van der Waals surface area contributed by atoms with Crippen LogP contribution in [0.1, 0.15) is 75.1 Å². The van der Waals surface area contributed by atoms with Crippen molar-refractivity contribution >= 4 is 21.7 Å². The quantitative estimate of drug-likeness (QED) is 0.542. The van der Waals surface area contributed by atoms with Crippen molar-refractivity contribution in [3.8, 4) is 5.75 Å². The van der Waals surface area contributed by atoms with Crippen LogP contribution >= 0.6 is 15.9 Å². The van der Waals surface area contributed by atoms with E-state index in [2.05, 4.69) is 22.9 Å². The molecule has 0 saturated heterocycles. The fourth-order valence-corrected chi connectivity index (χ4v) is 3.19. The second kappa shape index (κ2) is 8.57. The van der Waals surface area contributed by atoms with Gasteiger partial charge in [-0.15, -0.1) is 0 Å². The number of Topliss-reactive ketones (excluding diaryl/α,β-unsaturated/α-hetero) is 1. The van der Waals surface area contributed by atoms with Crippen molar-refractivity contribution in [2.75, 3.05) is 0 Å². The highest BCUT2D eigenvalue weighted by molar-refractivity contribution is 9.10. The van der Waals surface area contributed by atoms with Crippen LogP contribution in [-0.4, -0.2) is 11.9 Å². The van der Waals surface area contributed by atoms with Crippen LogP contribution in [0.2, 0.25) is 0 Å². The van der Waals surface area contributed by atoms with Crippen LogP contribution in [0, 0.1) is 0 Å². The molecule has 3 heteroatoms. The Balaban J connectivity index is 1.73. The van der Waals surface area contributed by atoms with Gasteiger partial charge in [0.1, 0.15) is 11.9 Å². The molecule has 116 valence electrons. The lowest BCUT2D eigenvalue weighted by atomic mass is 9.97. The van der Waals surface area contributed by atoms with E-state index >= 15 is 0 Å². The van der Waals surface area contributed by atoms with Crippen molar-refractivity contribution in [2.24, 2.45) is 0 Å². The molecular weight excluding hydrogens is 328 g/mol. The molecule has 1 aliphatic heterocycles. The van der Waals surface area contributed by atoms with Crippen molar-refractivity contribution < 1.29 is 9.53 Å². The summed E-state index contributed by atoms with van der Waals surface area (Å²) in [5.74, 6) is 0.963. The smallest absolute Gasteiger partial charge is 0.170 e. The highest BCUT2D eigenvalue weighted by Crippen LogP contribution is 2.31. The maximum atomic E-state index is 12.1. The first-order valence-corrected chi connectivity index (χ1v) is 8.99. The number of hydrogen-bond acceptors (Lipinski definition) is 2. The van der Waals surface area contributed by atoms with E-state index in [0.717, 1.165) is 28.6 Å². The molecular formula is C18H25BrO2. The zero-order valence-corrected chi connectivity index (χ0v) is 14.5.